The fourth-order valence-corrected chi connectivity index (χ4v) is 2.52. The molecule has 1 N–H and O–H groups in total. The number of likely N-dealkylation sites (N-methyl/N-ethyl adjacent to an activating group) is 1. The molecule has 0 radical (unpaired) electrons. The van der Waals surface area contributed by atoms with Crippen LogP contribution in [0.3, 0.4) is 0 Å². The third-order valence-corrected chi connectivity index (χ3v) is 3.80. The Bertz CT molecular complexity index is 880. The molecular formula is C17H20N4O2. The van der Waals surface area contributed by atoms with Crippen molar-refractivity contribution in [2.24, 2.45) is 0 Å². The Kier molecular flexibility index (Phi) is 4.16. The Morgan fingerprint density at radius 3 is 2.87 bits per heavy atom. The van der Waals surface area contributed by atoms with Crippen LogP contribution in [0.2, 0.25) is 0 Å². The van der Waals surface area contributed by atoms with Crippen molar-refractivity contribution in [1.29, 1.82) is 0 Å². The van der Waals surface area contributed by atoms with Crippen molar-refractivity contribution >= 4 is 10.9 Å². The maximum atomic E-state index is 12.4. The molecule has 6 nitrogen and oxygen atoms in total. The number of aromatic amines is 1. The molecule has 0 spiro atoms. The molecule has 0 amide bonds. The summed E-state index contributed by atoms with van der Waals surface area (Å²) in [6, 6.07) is 7.45. The summed E-state index contributed by atoms with van der Waals surface area (Å²) in [5.41, 5.74) is 1.21. The minimum atomic E-state index is -0.139. The summed E-state index contributed by atoms with van der Waals surface area (Å²) in [4.78, 5) is 21.8. The summed E-state index contributed by atoms with van der Waals surface area (Å²) < 4.78 is 7.25. The number of rotatable bonds is 5. The molecule has 1 aromatic carbocycles. The fourth-order valence-electron chi connectivity index (χ4n) is 2.52. The maximum absolute atomic E-state index is 12.4. The highest BCUT2D eigenvalue weighted by Gasteiger charge is 2.12. The van der Waals surface area contributed by atoms with E-state index in [1.807, 2.05) is 49.1 Å². The third kappa shape index (κ3) is 3.12. The Balaban J connectivity index is 2.07. The van der Waals surface area contributed by atoms with Crippen LogP contribution in [0.1, 0.15) is 0 Å². The van der Waals surface area contributed by atoms with Crippen LogP contribution in [0.4, 0.5) is 0 Å². The van der Waals surface area contributed by atoms with Gasteiger partial charge >= 0.3 is 0 Å². The van der Waals surface area contributed by atoms with Crippen LogP contribution >= 0.6 is 0 Å². The van der Waals surface area contributed by atoms with E-state index < -0.39 is 0 Å². The van der Waals surface area contributed by atoms with Crippen molar-refractivity contribution < 1.29 is 4.74 Å². The third-order valence-electron chi connectivity index (χ3n) is 3.80. The number of aromatic nitrogens is 3. The molecule has 0 aliphatic heterocycles. The highest BCUT2D eigenvalue weighted by atomic mass is 16.5. The number of ether oxygens (including phenoxy) is 1. The first-order valence-corrected chi connectivity index (χ1v) is 7.46. The average molecular weight is 312 g/mol. The lowest BCUT2D eigenvalue weighted by Gasteiger charge is -2.12. The Morgan fingerprint density at radius 1 is 1.30 bits per heavy atom. The number of hydrogen-bond donors (Lipinski definition) is 1. The Hall–Kier alpha value is -2.60. The van der Waals surface area contributed by atoms with E-state index in [4.69, 9.17) is 4.74 Å². The van der Waals surface area contributed by atoms with Crippen molar-refractivity contribution in [3.8, 4) is 17.1 Å². The van der Waals surface area contributed by atoms with Crippen molar-refractivity contribution in [3.05, 3.63) is 47.0 Å². The van der Waals surface area contributed by atoms with Gasteiger partial charge in [0.1, 0.15) is 11.6 Å². The van der Waals surface area contributed by atoms with Gasteiger partial charge in [-0.05, 0) is 38.4 Å². The van der Waals surface area contributed by atoms with Crippen LogP contribution in [0.25, 0.3) is 22.3 Å². The molecule has 0 aliphatic rings. The number of methoxy groups -OCH3 is 1. The van der Waals surface area contributed by atoms with Gasteiger partial charge in [-0.15, -0.1) is 0 Å². The highest BCUT2D eigenvalue weighted by molar-refractivity contribution is 5.83. The van der Waals surface area contributed by atoms with E-state index in [0.717, 1.165) is 29.7 Å². The normalized spacial score (nSPS) is 11.3. The van der Waals surface area contributed by atoms with Crippen LogP contribution in [-0.2, 0) is 6.54 Å². The van der Waals surface area contributed by atoms with Gasteiger partial charge in [0.15, 0.2) is 0 Å². The van der Waals surface area contributed by atoms with E-state index in [1.165, 1.54) is 0 Å². The van der Waals surface area contributed by atoms with Crippen LogP contribution in [0.5, 0.6) is 5.75 Å². The molecule has 0 fully saturated rings. The molecule has 6 heteroatoms. The smallest absolute Gasteiger partial charge is 0.259 e. The van der Waals surface area contributed by atoms with Gasteiger partial charge in [-0.2, -0.15) is 0 Å². The molecule has 120 valence electrons. The summed E-state index contributed by atoms with van der Waals surface area (Å²) in [7, 11) is 5.67. The van der Waals surface area contributed by atoms with Gasteiger partial charge in [0, 0.05) is 36.4 Å². The first-order valence-electron chi connectivity index (χ1n) is 7.46. The second-order valence-electron chi connectivity index (χ2n) is 5.71. The second kappa shape index (κ2) is 6.26. The first kappa shape index (κ1) is 15.3. The standard InChI is InChI=1S/C17H20N4O2/c1-20(2)8-9-21-7-6-18-16(21)14-11-12-10-13(23-3)4-5-15(12)19-17(14)22/h4-7,10-11H,8-9H2,1-3H3,(H,19,22). The zero-order chi connectivity index (χ0) is 16.4. The lowest BCUT2D eigenvalue weighted by Crippen LogP contribution is -2.19. The molecular weight excluding hydrogens is 292 g/mol. The lowest BCUT2D eigenvalue weighted by atomic mass is 10.1. The summed E-state index contributed by atoms with van der Waals surface area (Å²) in [6.45, 7) is 1.65. The quantitative estimate of drug-likeness (QED) is 0.782. The molecule has 2 heterocycles. The SMILES string of the molecule is COc1ccc2[nH]c(=O)c(-c3nccn3CCN(C)C)cc2c1. The topological polar surface area (TPSA) is 63.2 Å². The van der Waals surface area contributed by atoms with E-state index in [1.54, 1.807) is 13.3 Å². The van der Waals surface area contributed by atoms with Gasteiger partial charge in [0.05, 0.1) is 12.7 Å². The lowest BCUT2D eigenvalue weighted by molar-refractivity contribution is 0.385. The molecule has 0 unspecified atom stereocenters. The molecule has 0 saturated carbocycles. The van der Waals surface area contributed by atoms with Crippen LogP contribution in [-0.4, -0.2) is 47.2 Å². The average Bonchev–Trinajstić information content (AvgIpc) is 3.00. The van der Waals surface area contributed by atoms with E-state index in [-0.39, 0.29) is 5.56 Å². The number of nitrogens with zero attached hydrogens (tertiary/aromatic N) is 3. The zero-order valence-electron chi connectivity index (χ0n) is 13.5. The number of nitrogens with one attached hydrogen (secondary N) is 1. The van der Waals surface area contributed by atoms with Crippen molar-refractivity contribution in [2.45, 2.75) is 6.54 Å². The molecule has 23 heavy (non-hydrogen) atoms. The Morgan fingerprint density at radius 2 is 2.13 bits per heavy atom. The van der Waals surface area contributed by atoms with Crippen LogP contribution in [0.15, 0.2) is 41.5 Å². The number of fused-ring (bicyclic) bond motifs is 1. The predicted molar refractivity (Wildman–Crippen MR) is 90.9 cm³/mol. The van der Waals surface area contributed by atoms with Crippen LogP contribution in [0, 0.1) is 0 Å². The Labute approximate surface area is 134 Å². The van der Waals surface area contributed by atoms with E-state index in [9.17, 15) is 4.79 Å². The molecule has 3 rings (SSSR count). The molecule has 0 atom stereocenters. The van der Waals surface area contributed by atoms with E-state index in [2.05, 4.69) is 14.9 Å². The molecule has 2 aromatic heterocycles. The van der Waals surface area contributed by atoms with Gasteiger partial charge in [-0.3, -0.25) is 4.79 Å². The van der Waals surface area contributed by atoms with E-state index >= 15 is 0 Å². The van der Waals surface area contributed by atoms with Crippen molar-refractivity contribution in [2.75, 3.05) is 27.7 Å². The number of imidazole rings is 1. The minimum Gasteiger partial charge on any atom is -0.497 e. The maximum Gasteiger partial charge on any atom is 0.259 e. The van der Waals surface area contributed by atoms with Gasteiger partial charge in [-0.25, -0.2) is 4.98 Å². The molecule has 0 aliphatic carbocycles. The number of pyridine rings is 1. The fraction of sp³-hybridized carbons (Fsp3) is 0.294. The van der Waals surface area contributed by atoms with Gasteiger partial charge in [0.25, 0.3) is 5.56 Å². The molecule has 0 saturated heterocycles. The van der Waals surface area contributed by atoms with Crippen molar-refractivity contribution in [3.63, 3.8) is 0 Å². The number of H-pyrrole nitrogens is 1. The van der Waals surface area contributed by atoms with Gasteiger partial charge < -0.3 is 19.2 Å². The van der Waals surface area contributed by atoms with Crippen LogP contribution < -0.4 is 10.3 Å². The first-order chi connectivity index (χ1) is 11.1. The predicted octanol–water partition coefficient (Wildman–Crippen LogP) is 1.96. The second-order valence-corrected chi connectivity index (χ2v) is 5.71. The number of benzene rings is 1. The summed E-state index contributed by atoms with van der Waals surface area (Å²) in [5, 5.41) is 0.918. The van der Waals surface area contributed by atoms with Gasteiger partial charge in [-0.1, -0.05) is 0 Å². The minimum absolute atomic E-state index is 0.139. The summed E-state index contributed by atoms with van der Waals surface area (Å²) in [5.74, 6) is 1.43. The largest absolute Gasteiger partial charge is 0.497 e. The summed E-state index contributed by atoms with van der Waals surface area (Å²) >= 11 is 0. The summed E-state index contributed by atoms with van der Waals surface area (Å²) in [6.07, 6.45) is 3.62. The zero-order valence-corrected chi connectivity index (χ0v) is 13.5. The van der Waals surface area contributed by atoms with Gasteiger partial charge in [0.2, 0.25) is 0 Å². The number of hydrogen-bond acceptors (Lipinski definition) is 4. The molecule has 3 aromatic rings. The van der Waals surface area contributed by atoms with E-state index in [0.29, 0.717) is 11.4 Å². The monoisotopic (exact) mass is 312 g/mol. The molecule has 0 bridgehead atoms. The highest BCUT2D eigenvalue weighted by Crippen LogP contribution is 2.22. The van der Waals surface area contributed by atoms with Crippen molar-refractivity contribution in [1.82, 2.24) is 19.4 Å².